The van der Waals surface area contributed by atoms with Crippen molar-refractivity contribution in [2.45, 2.75) is 45.6 Å². The fraction of sp³-hybridized carbons (Fsp3) is 1.00. The summed E-state index contributed by atoms with van der Waals surface area (Å²) in [5.74, 6) is 0.853. The summed E-state index contributed by atoms with van der Waals surface area (Å²) in [6, 6.07) is 0.750. The molecule has 0 radical (unpaired) electrons. The van der Waals surface area contributed by atoms with E-state index in [1.807, 2.05) is 0 Å². The molecule has 0 aromatic carbocycles. The number of likely N-dealkylation sites (tertiary alicyclic amines) is 1. The third-order valence-corrected chi connectivity index (χ3v) is 4.48. The van der Waals surface area contributed by atoms with E-state index in [9.17, 15) is 0 Å². The van der Waals surface area contributed by atoms with E-state index >= 15 is 0 Å². The van der Waals surface area contributed by atoms with E-state index in [-0.39, 0.29) is 0 Å². The average Bonchev–Trinajstić information content (AvgIpc) is 2.96. The first-order valence-electron chi connectivity index (χ1n) is 6.54. The average molecular weight is 210 g/mol. The van der Waals surface area contributed by atoms with E-state index in [0.717, 1.165) is 12.0 Å². The van der Waals surface area contributed by atoms with Gasteiger partial charge in [0.15, 0.2) is 0 Å². The van der Waals surface area contributed by atoms with Crippen molar-refractivity contribution in [3.05, 3.63) is 0 Å². The molecule has 2 aliphatic rings. The van der Waals surface area contributed by atoms with Gasteiger partial charge in [-0.05, 0) is 50.6 Å². The Labute approximate surface area is 94.4 Å². The predicted molar refractivity (Wildman–Crippen MR) is 65.0 cm³/mol. The van der Waals surface area contributed by atoms with Gasteiger partial charge in [-0.1, -0.05) is 13.8 Å². The molecule has 1 saturated carbocycles. The minimum absolute atomic E-state index is 0.663. The van der Waals surface area contributed by atoms with Crippen LogP contribution in [-0.4, -0.2) is 37.6 Å². The molecule has 88 valence electrons. The molecule has 0 aromatic rings. The predicted octanol–water partition coefficient (Wildman–Crippen LogP) is 2.11. The van der Waals surface area contributed by atoms with Gasteiger partial charge in [0, 0.05) is 19.1 Å². The molecule has 1 saturated heterocycles. The first kappa shape index (κ1) is 11.4. The quantitative estimate of drug-likeness (QED) is 0.764. The molecule has 2 fully saturated rings. The van der Waals surface area contributed by atoms with Crippen molar-refractivity contribution >= 4 is 0 Å². The van der Waals surface area contributed by atoms with Gasteiger partial charge in [-0.25, -0.2) is 0 Å². The second kappa shape index (κ2) is 4.42. The van der Waals surface area contributed by atoms with E-state index in [4.69, 9.17) is 0 Å². The lowest BCUT2D eigenvalue weighted by Crippen LogP contribution is -2.46. The van der Waals surface area contributed by atoms with Gasteiger partial charge < -0.3 is 10.2 Å². The van der Waals surface area contributed by atoms with Crippen molar-refractivity contribution in [2.75, 3.05) is 26.7 Å². The van der Waals surface area contributed by atoms with Crippen LogP contribution in [0.5, 0.6) is 0 Å². The van der Waals surface area contributed by atoms with Crippen LogP contribution in [0.15, 0.2) is 0 Å². The SMILES string of the molecule is CC(C)C1(CNC2CCCN(C)C2)CC1. The first-order chi connectivity index (χ1) is 7.12. The normalized spacial score (nSPS) is 30.8. The number of nitrogens with one attached hydrogen (secondary N) is 1. The Bertz CT molecular complexity index is 209. The van der Waals surface area contributed by atoms with Gasteiger partial charge in [-0.2, -0.15) is 0 Å². The first-order valence-corrected chi connectivity index (χ1v) is 6.54. The molecule has 0 spiro atoms. The van der Waals surface area contributed by atoms with E-state index in [1.54, 1.807) is 0 Å². The topological polar surface area (TPSA) is 15.3 Å². The number of likely N-dealkylation sites (N-methyl/N-ethyl adjacent to an activating group) is 1. The monoisotopic (exact) mass is 210 g/mol. The van der Waals surface area contributed by atoms with Crippen molar-refractivity contribution in [3.63, 3.8) is 0 Å². The van der Waals surface area contributed by atoms with E-state index in [2.05, 4.69) is 31.1 Å². The maximum Gasteiger partial charge on any atom is 0.0195 e. The highest BCUT2D eigenvalue weighted by Gasteiger charge is 2.45. The summed E-state index contributed by atoms with van der Waals surface area (Å²) in [5, 5.41) is 3.79. The van der Waals surface area contributed by atoms with E-state index in [0.29, 0.717) is 5.41 Å². The van der Waals surface area contributed by atoms with Crippen LogP contribution >= 0.6 is 0 Å². The smallest absolute Gasteiger partial charge is 0.0195 e. The van der Waals surface area contributed by atoms with Gasteiger partial charge in [-0.15, -0.1) is 0 Å². The molecule has 2 nitrogen and oxygen atoms in total. The second-order valence-electron chi connectivity index (χ2n) is 6.00. The van der Waals surface area contributed by atoms with Crippen LogP contribution in [-0.2, 0) is 0 Å². The Balaban J connectivity index is 1.73. The molecule has 1 N–H and O–H groups in total. The zero-order chi connectivity index (χ0) is 10.9. The van der Waals surface area contributed by atoms with Crippen LogP contribution in [0.1, 0.15) is 39.5 Å². The Hall–Kier alpha value is -0.0800. The highest BCUT2D eigenvalue weighted by molar-refractivity contribution is 4.98. The fourth-order valence-corrected chi connectivity index (χ4v) is 2.80. The molecule has 1 unspecified atom stereocenters. The van der Waals surface area contributed by atoms with Crippen LogP contribution in [0.3, 0.4) is 0 Å². The summed E-state index contributed by atoms with van der Waals surface area (Å²) in [5.41, 5.74) is 0.663. The van der Waals surface area contributed by atoms with Crippen LogP contribution in [0, 0.1) is 11.3 Å². The molecule has 2 rings (SSSR count). The lowest BCUT2D eigenvalue weighted by Gasteiger charge is -2.32. The van der Waals surface area contributed by atoms with Crippen LogP contribution < -0.4 is 5.32 Å². The van der Waals surface area contributed by atoms with Gasteiger partial charge in [0.25, 0.3) is 0 Å². The summed E-state index contributed by atoms with van der Waals surface area (Å²) in [6.07, 6.45) is 5.63. The van der Waals surface area contributed by atoms with Gasteiger partial charge in [0.1, 0.15) is 0 Å². The summed E-state index contributed by atoms with van der Waals surface area (Å²) >= 11 is 0. The second-order valence-corrected chi connectivity index (χ2v) is 6.00. The minimum atomic E-state index is 0.663. The van der Waals surface area contributed by atoms with Crippen molar-refractivity contribution in [3.8, 4) is 0 Å². The lowest BCUT2D eigenvalue weighted by molar-refractivity contribution is 0.212. The number of rotatable bonds is 4. The number of piperidine rings is 1. The third-order valence-electron chi connectivity index (χ3n) is 4.48. The molecule has 0 amide bonds. The Morgan fingerprint density at radius 1 is 1.40 bits per heavy atom. The number of hydrogen-bond donors (Lipinski definition) is 1. The maximum atomic E-state index is 3.79. The van der Waals surface area contributed by atoms with Crippen LogP contribution in [0.2, 0.25) is 0 Å². The Morgan fingerprint density at radius 3 is 2.67 bits per heavy atom. The molecule has 0 aromatic heterocycles. The molecule has 2 heteroatoms. The molecule has 0 bridgehead atoms. The summed E-state index contributed by atoms with van der Waals surface area (Å²) in [7, 11) is 2.24. The molecule has 1 heterocycles. The van der Waals surface area contributed by atoms with Crippen molar-refractivity contribution < 1.29 is 0 Å². The molecular weight excluding hydrogens is 184 g/mol. The van der Waals surface area contributed by atoms with Crippen LogP contribution in [0.4, 0.5) is 0 Å². The van der Waals surface area contributed by atoms with Gasteiger partial charge in [0.05, 0.1) is 0 Å². The minimum Gasteiger partial charge on any atom is -0.312 e. The zero-order valence-corrected chi connectivity index (χ0v) is 10.6. The van der Waals surface area contributed by atoms with Crippen LogP contribution in [0.25, 0.3) is 0 Å². The molecule has 1 aliphatic heterocycles. The maximum absolute atomic E-state index is 3.79. The summed E-state index contributed by atoms with van der Waals surface area (Å²) in [6.45, 7) is 8.54. The van der Waals surface area contributed by atoms with Gasteiger partial charge >= 0.3 is 0 Å². The lowest BCUT2D eigenvalue weighted by atomic mass is 9.92. The fourth-order valence-electron chi connectivity index (χ4n) is 2.80. The summed E-state index contributed by atoms with van der Waals surface area (Å²) < 4.78 is 0. The highest BCUT2D eigenvalue weighted by atomic mass is 15.1. The zero-order valence-electron chi connectivity index (χ0n) is 10.6. The largest absolute Gasteiger partial charge is 0.312 e. The molecule has 1 aliphatic carbocycles. The molecular formula is C13H26N2. The molecule has 1 atom stereocenters. The van der Waals surface area contributed by atoms with Crippen molar-refractivity contribution in [2.24, 2.45) is 11.3 Å². The number of nitrogens with zero attached hydrogens (tertiary/aromatic N) is 1. The van der Waals surface area contributed by atoms with Crippen molar-refractivity contribution in [1.29, 1.82) is 0 Å². The van der Waals surface area contributed by atoms with E-state index in [1.165, 1.54) is 45.3 Å². The molecule has 15 heavy (non-hydrogen) atoms. The standard InChI is InChI=1S/C13H26N2/c1-11(2)13(6-7-13)10-14-12-5-4-8-15(3)9-12/h11-12,14H,4-10H2,1-3H3. The Kier molecular flexibility index (Phi) is 3.36. The Morgan fingerprint density at radius 2 is 2.13 bits per heavy atom. The number of hydrogen-bond acceptors (Lipinski definition) is 2. The van der Waals surface area contributed by atoms with E-state index < -0.39 is 0 Å². The third kappa shape index (κ3) is 2.73. The summed E-state index contributed by atoms with van der Waals surface area (Å²) in [4.78, 5) is 2.45. The van der Waals surface area contributed by atoms with Crippen molar-refractivity contribution in [1.82, 2.24) is 10.2 Å². The van der Waals surface area contributed by atoms with Gasteiger partial charge in [0.2, 0.25) is 0 Å². The highest BCUT2D eigenvalue weighted by Crippen LogP contribution is 2.51. The van der Waals surface area contributed by atoms with Gasteiger partial charge in [-0.3, -0.25) is 0 Å².